The largest absolute Gasteiger partial charge is 0.494 e. The van der Waals surface area contributed by atoms with Crippen molar-refractivity contribution >= 4 is 50.7 Å². The predicted octanol–water partition coefficient (Wildman–Crippen LogP) is 8.42. The van der Waals surface area contributed by atoms with Crippen LogP contribution in [-0.4, -0.2) is 30.1 Å². The summed E-state index contributed by atoms with van der Waals surface area (Å²) in [5.74, 6) is -0.126. The molecule has 0 radical (unpaired) electrons. The number of carbonyl (C=O) groups excluding carboxylic acids is 2. The average Bonchev–Trinajstić information content (AvgIpc) is 3.28. The molecular formula is C32H27ClN2O4S. The molecule has 0 bridgehead atoms. The summed E-state index contributed by atoms with van der Waals surface area (Å²) in [5.41, 5.74) is 4.44. The molecule has 0 atom stereocenters. The number of aromatic nitrogens is 1. The summed E-state index contributed by atoms with van der Waals surface area (Å²) < 4.78 is 11.1. The van der Waals surface area contributed by atoms with Crippen molar-refractivity contribution in [1.29, 1.82) is 0 Å². The third-order valence-corrected chi connectivity index (χ3v) is 7.60. The van der Waals surface area contributed by atoms with Crippen LogP contribution < -0.4 is 10.1 Å². The molecule has 3 aromatic carbocycles. The molecule has 8 heteroatoms. The smallest absolute Gasteiger partial charge is 0.341 e. The number of nitrogens with zero attached hydrogens (tertiary/aromatic N) is 1. The van der Waals surface area contributed by atoms with Gasteiger partial charge in [0.25, 0.3) is 5.91 Å². The number of thiophene rings is 1. The second kappa shape index (κ2) is 11.9. The first-order valence-electron chi connectivity index (χ1n) is 12.9. The normalized spacial score (nSPS) is 10.9. The number of anilines is 1. The number of amides is 1. The summed E-state index contributed by atoms with van der Waals surface area (Å²) in [6.07, 6.45) is 0. The summed E-state index contributed by atoms with van der Waals surface area (Å²) in [7, 11) is 0. The molecule has 0 saturated heterocycles. The van der Waals surface area contributed by atoms with Gasteiger partial charge in [0.2, 0.25) is 0 Å². The Morgan fingerprint density at radius 2 is 1.70 bits per heavy atom. The highest BCUT2D eigenvalue weighted by atomic mass is 35.5. The number of hydrogen-bond acceptors (Lipinski definition) is 6. The van der Waals surface area contributed by atoms with Crippen molar-refractivity contribution in [3.05, 3.63) is 99.9 Å². The van der Waals surface area contributed by atoms with E-state index in [0.29, 0.717) is 49.9 Å². The number of fused-ring (bicyclic) bond motifs is 1. The molecule has 0 unspecified atom stereocenters. The highest BCUT2D eigenvalue weighted by Gasteiger charge is 2.26. The lowest BCUT2D eigenvalue weighted by molar-refractivity contribution is 0.0529. The summed E-state index contributed by atoms with van der Waals surface area (Å²) >= 11 is 7.44. The van der Waals surface area contributed by atoms with Crippen molar-refractivity contribution in [2.45, 2.75) is 20.8 Å². The van der Waals surface area contributed by atoms with E-state index in [-0.39, 0.29) is 12.5 Å². The molecule has 0 spiro atoms. The molecule has 0 saturated carbocycles. The molecule has 0 aliphatic heterocycles. The first-order valence-corrected chi connectivity index (χ1v) is 14.1. The summed E-state index contributed by atoms with van der Waals surface area (Å²) in [6.45, 7) is 6.35. The lowest BCUT2D eigenvalue weighted by atomic mass is 10.0. The zero-order valence-electron chi connectivity index (χ0n) is 22.3. The molecule has 2 heterocycles. The SMILES string of the molecule is CCOC(=O)c1c(NC(=O)c2cc(-c3cccc(OCC)c3)nc3ccccc23)sc(C)c1-c1ccc(Cl)cc1. The van der Waals surface area contributed by atoms with Crippen molar-refractivity contribution < 1.29 is 19.1 Å². The number of nitrogens with one attached hydrogen (secondary N) is 1. The van der Waals surface area contributed by atoms with Gasteiger partial charge < -0.3 is 14.8 Å². The van der Waals surface area contributed by atoms with Crippen LogP contribution in [0.3, 0.4) is 0 Å². The number of esters is 1. The summed E-state index contributed by atoms with van der Waals surface area (Å²) in [5, 5.41) is 4.73. The molecule has 202 valence electrons. The number of carbonyl (C=O) groups is 2. The Morgan fingerprint density at radius 1 is 0.925 bits per heavy atom. The number of pyridine rings is 1. The number of benzene rings is 3. The first kappa shape index (κ1) is 27.4. The summed E-state index contributed by atoms with van der Waals surface area (Å²) in [4.78, 5) is 32.8. The van der Waals surface area contributed by atoms with E-state index < -0.39 is 5.97 Å². The van der Waals surface area contributed by atoms with Gasteiger partial charge >= 0.3 is 5.97 Å². The van der Waals surface area contributed by atoms with Gasteiger partial charge in [-0.3, -0.25) is 4.79 Å². The van der Waals surface area contributed by atoms with Gasteiger partial charge in [0.1, 0.15) is 16.3 Å². The molecule has 5 rings (SSSR count). The Labute approximate surface area is 241 Å². The van der Waals surface area contributed by atoms with Crippen LogP contribution in [-0.2, 0) is 4.74 Å². The molecule has 1 amide bonds. The molecule has 40 heavy (non-hydrogen) atoms. The van der Waals surface area contributed by atoms with Crippen molar-refractivity contribution in [1.82, 2.24) is 4.98 Å². The van der Waals surface area contributed by atoms with E-state index in [1.807, 2.05) is 74.5 Å². The monoisotopic (exact) mass is 570 g/mol. The number of hydrogen-bond donors (Lipinski definition) is 1. The van der Waals surface area contributed by atoms with Crippen molar-refractivity contribution in [3.8, 4) is 28.1 Å². The van der Waals surface area contributed by atoms with Crippen molar-refractivity contribution in [3.63, 3.8) is 0 Å². The third-order valence-electron chi connectivity index (χ3n) is 6.33. The van der Waals surface area contributed by atoms with Crippen LogP contribution in [0.1, 0.15) is 39.4 Å². The van der Waals surface area contributed by atoms with Gasteiger partial charge in [-0.1, -0.05) is 54.1 Å². The minimum Gasteiger partial charge on any atom is -0.494 e. The van der Waals surface area contributed by atoms with Crippen LogP contribution in [0.25, 0.3) is 33.3 Å². The van der Waals surface area contributed by atoms with Crippen LogP contribution in [0, 0.1) is 6.92 Å². The second-order valence-corrected chi connectivity index (χ2v) is 10.6. The number of rotatable bonds is 8. The first-order chi connectivity index (χ1) is 19.4. The fraction of sp³-hybridized carbons (Fsp3) is 0.156. The van der Waals surface area contributed by atoms with E-state index in [2.05, 4.69) is 5.32 Å². The lowest BCUT2D eigenvalue weighted by Crippen LogP contribution is -2.15. The van der Waals surface area contributed by atoms with E-state index in [0.717, 1.165) is 21.8 Å². The van der Waals surface area contributed by atoms with Crippen LogP contribution in [0.5, 0.6) is 5.75 Å². The van der Waals surface area contributed by atoms with Gasteiger partial charge in [0.15, 0.2) is 0 Å². The Kier molecular flexibility index (Phi) is 8.14. The minimum atomic E-state index is -0.500. The van der Waals surface area contributed by atoms with E-state index in [4.69, 9.17) is 26.1 Å². The second-order valence-electron chi connectivity index (χ2n) is 8.95. The summed E-state index contributed by atoms with van der Waals surface area (Å²) in [6, 6.07) is 24.1. The van der Waals surface area contributed by atoms with Gasteiger partial charge in [-0.15, -0.1) is 11.3 Å². The van der Waals surface area contributed by atoms with E-state index in [9.17, 15) is 9.59 Å². The topological polar surface area (TPSA) is 77.5 Å². The average molecular weight is 571 g/mol. The molecule has 5 aromatic rings. The molecule has 0 aliphatic carbocycles. The van der Waals surface area contributed by atoms with Crippen molar-refractivity contribution in [2.24, 2.45) is 0 Å². The number of halogens is 1. The molecule has 0 aliphatic rings. The predicted molar refractivity (Wildman–Crippen MR) is 162 cm³/mol. The van der Waals surface area contributed by atoms with E-state index >= 15 is 0 Å². The highest BCUT2D eigenvalue weighted by Crippen LogP contribution is 2.41. The minimum absolute atomic E-state index is 0.209. The van der Waals surface area contributed by atoms with Gasteiger partial charge in [-0.2, -0.15) is 0 Å². The Morgan fingerprint density at radius 3 is 2.45 bits per heavy atom. The molecule has 2 aromatic heterocycles. The zero-order chi connectivity index (χ0) is 28.2. The van der Waals surface area contributed by atoms with Crippen LogP contribution in [0.15, 0.2) is 78.9 Å². The third kappa shape index (κ3) is 5.57. The highest BCUT2D eigenvalue weighted by molar-refractivity contribution is 7.17. The Bertz CT molecular complexity index is 1710. The molecule has 0 fully saturated rings. The maximum atomic E-state index is 13.9. The van der Waals surface area contributed by atoms with Crippen LogP contribution in [0.4, 0.5) is 5.00 Å². The van der Waals surface area contributed by atoms with Gasteiger partial charge in [-0.05, 0) is 62.7 Å². The Hall–Kier alpha value is -4.20. The zero-order valence-corrected chi connectivity index (χ0v) is 23.9. The van der Waals surface area contributed by atoms with Crippen LogP contribution >= 0.6 is 22.9 Å². The number of para-hydroxylation sites is 1. The number of ether oxygens (including phenoxy) is 2. The number of aryl methyl sites for hydroxylation is 1. The van der Waals surface area contributed by atoms with Gasteiger partial charge in [-0.25, -0.2) is 9.78 Å². The molecule has 1 N–H and O–H groups in total. The molecule has 6 nitrogen and oxygen atoms in total. The standard InChI is InChI=1S/C32H27ClN2O4S/c1-4-38-23-10-8-9-21(17-23)27-18-25(24-11-6-7-12-26(24)34-27)30(36)35-31-29(32(37)39-5-2)28(19(3)40-31)20-13-15-22(33)16-14-20/h6-18H,4-5H2,1-3H3,(H,35,36). The Balaban J connectivity index is 1.60. The maximum Gasteiger partial charge on any atom is 0.341 e. The van der Waals surface area contributed by atoms with Crippen molar-refractivity contribution in [2.75, 3.05) is 18.5 Å². The molecular weight excluding hydrogens is 544 g/mol. The van der Waals surface area contributed by atoms with E-state index in [1.54, 1.807) is 25.1 Å². The quantitative estimate of drug-likeness (QED) is 0.189. The van der Waals surface area contributed by atoms with Gasteiger partial charge in [0.05, 0.1) is 30.0 Å². The maximum absolute atomic E-state index is 13.9. The van der Waals surface area contributed by atoms with E-state index in [1.165, 1.54) is 11.3 Å². The fourth-order valence-electron chi connectivity index (χ4n) is 4.59. The van der Waals surface area contributed by atoms with Crippen LogP contribution in [0.2, 0.25) is 5.02 Å². The lowest BCUT2D eigenvalue weighted by Gasteiger charge is -2.12. The fourth-order valence-corrected chi connectivity index (χ4v) is 5.77. The van der Waals surface area contributed by atoms with Gasteiger partial charge in [0, 0.05) is 26.4 Å².